The number of benzene rings is 2. The summed E-state index contributed by atoms with van der Waals surface area (Å²) in [5.74, 6) is 2.53. The molecule has 30 heavy (non-hydrogen) atoms. The number of nitrogens with zero attached hydrogens (tertiary/aromatic N) is 6. The summed E-state index contributed by atoms with van der Waals surface area (Å²) in [5, 5.41) is 12.7. The van der Waals surface area contributed by atoms with Crippen molar-refractivity contribution in [2.45, 2.75) is 31.3 Å². The van der Waals surface area contributed by atoms with Crippen LogP contribution >= 0.6 is 11.8 Å². The van der Waals surface area contributed by atoms with Gasteiger partial charge in [0.25, 0.3) is 0 Å². The van der Waals surface area contributed by atoms with Crippen molar-refractivity contribution in [1.82, 2.24) is 29.7 Å². The van der Waals surface area contributed by atoms with Gasteiger partial charge >= 0.3 is 0 Å². The van der Waals surface area contributed by atoms with Crippen molar-refractivity contribution in [2.24, 2.45) is 0 Å². The molecule has 0 spiro atoms. The van der Waals surface area contributed by atoms with E-state index in [2.05, 4.69) is 61.0 Å². The third kappa shape index (κ3) is 4.57. The summed E-state index contributed by atoms with van der Waals surface area (Å²) >= 11 is 1.52. The van der Waals surface area contributed by atoms with Crippen LogP contribution in [-0.4, -0.2) is 29.7 Å². The first kappa shape index (κ1) is 19.8. The highest BCUT2D eigenvalue weighted by Gasteiger charge is 2.14. The summed E-state index contributed by atoms with van der Waals surface area (Å²) in [6.45, 7) is 4.91. The van der Waals surface area contributed by atoms with E-state index < -0.39 is 0 Å². The normalized spacial score (nSPS) is 10.9. The number of nitrogens with one attached hydrogen (secondary N) is 1. The van der Waals surface area contributed by atoms with Gasteiger partial charge in [-0.25, -0.2) is 0 Å². The Balaban J connectivity index is 1.52. The molecule has 9 heteroatoms. The van der Waals surface area contributed by atoms with Crippen molar-refractivity contribution in [3.63, 3.8) is 0 Å². The SMILES string of the molecule is CCn1c(SCc2nc(N)nc(Nc3ccccc3)n2)nnc1-c1cccc(C)c1. The summed E-state index contributed by atoms with van der Waals surface area (Å²) < 4.78 is 2.09. The monoisotopic (exact) mass is 418 g/mol. The Hall–Kier alpha value is -3.46. The lowest BCUT2D eigenvalue weighted by Gasteiger charge is -2.09. The van der Waals surface area contributed by atoms with Crippen molar-refractivity contribution in [1.29, 1.82) is 0 Å². The van der Waals surface area contributed by atoms with Gasteiger partial charge < -0.3 is 15.6 Å². The van der Waals surface area contributed by atoms with Gasteiger partial charge in [-0.3, -0.25) is 0 Å². The first-order valence-electron chi connectivity index (χ1n) is 9.58. The number of anilines is 3. The number of nitrogen functional groups attached to an aromatic ring is 1. The van der Waals surface area contributed by atoms with Crippen molar-refractivity contribution in [3.8, 4) is 11.4 Å². The maximum Gasteiger partial charge on any atom is 0.232 e. The van der Waals surface area contributed by atoms with Crippen LogP contribution in [0.1, 0.15) is 18.3 Å². The number of hydrogen-bond acceptors (Lipinski definition) is 8. The average Bonchev–Trinajstić information content (AvgIpc) is 3.15. The second-order valence-corrected chi connectivity index (χ2v) is 7.58. The fourth-order valence-electron chi connectivity index (χ4n) is 3.02. The highest BCUT2D eigenvalue weighted by molar-refractivity contribution is 7.98. The van der Waals surface area contributed by atoms with Crippen LogP contribution in [0.2, 0.25) is 0 Å². The molecule has 0 radical (unpaired) electrons. The van der Waals surface area contributed by atoms with E-state index in [9.17, 15) is 0 Å². The number of para-hydroxylation sites is 1. The lowest BCUT2D eigenvalue weighted by atomic mass is 10.1. The van der Waals surface area contributed by atoms with E-state index in [-0.39, 0.29) is 5.95 Å². The molecule has 2 aromatic carbocycles. The average molecular weight is 419 g/mol. The summed E-state index contributed by atoms with van der Waals surface area (Å²) in [4.78, 5) is 12.9. The minimum Gasteiger partial charge on any atom is -0.368 e. The topological polar surface area (TPSA) is 107 Å². The zero-order valence-electron chi connectivity index (χ0n) is 16.8. The number of nitrogens with two attached hydrogens (primary N) is 1. The van der Waals surface area contributed by atoms with Gasteiger partial charge in [-0.2, -0.15) is 15.0 Å². The standard InChI is InChI=1S/C21H22N8S/c1-3-29-18(15-9-7-8-14(2)12-15)27-28-21(29)30-13-17-24-19(22)26-20(25-17)23-16-10-5-4-6-11-16/h4-12H,3,13H2,1-2H3,(H3,22,23,24,25,26). The Morgan fingerprint density at radius 1 is 1.00 bits per heavy atom. The first-order valence-corrected chi connectivity index (χ1v) is 10.6. The lowest BCUT2D eigenvalue weighted by molar-refractivity contribution is 0.687. The highest BCUT2D eigenvalue weighted by Crippen LogP contribution is 2.26. The molecule has 4 rings (SSSR count). The largest absolute Gasteiger partial charge is 0.368 e. The van der Waals surface area contributed by atoms with Crippen LogP contribution in [0, 0.1) is 6.92 Å². The third-order valence-electron chi connectivity index (χ3n) is 4.37. The van der Waals surface area contributed by atoms with Crippen molar-refractivity contribution in [2.75, 3.05) is 11.1 Å². The first-order chi connectivity index (χ1) is 14.6. The molecule has 0 fully saturated rings. The van der Waals surface area contributed by atoms with Crippen LogP contribution < -0.4 is 11.1 Å². The minimum atomic E-state index is 0.177. The zero-order valence-corrected chi connectivity index (χ0v) is 17.6. The molecule has 8 nitrogen and oxygen atoms in total. The Bertz CT molecular complexity index is 1140. The van der Waals surface area contributed by atoms with Gasteiger partial charge in [-0.05, 0) is 32.0 Å². The Morgan fingerprint density at radius 3 is 2.60 bits per heavy atom. The van der Waals surface area contributed by atoms with Crippen LogP contribution in [0.5, 0.6) is 0 Å². The maximum absolute atomic E-state index is 5.89. The summed E-state index contributed by atoms with van der Waals surface area (Å²) in [6, 6.07) is 17.9. The van der Waals surface area contributed by atoms with E-state index in [1.165, 1.54) is 17.3 Å². The molecule has 4 aromatic rings. The molecule has 0 atom stereocenters. The number of rotatable bonds is 7. The Labute approximate surface area is 179 Å². The van der Waals surface area contributed by atoms with Crippen LogP contribution in [0.25, 0.3) is 11.4 Å². The quantitative estimate of drug-likeness (QED) is 0.432. The number of thioether (sulfide) groups is 1. The van der Waals surface area contributed by atoms with Crippen molar-refractivity contribution >= 4 is 29.3 Å². The molecule has 0 unspecified atom stereocenters. The Morgan fingerprint density at radius 2 is 1.83 bits per heavy atom. The molecular formula is C21H22N8S. The van der Waals surface area contributed by atoms with Crippen LogP contribution in [0.4, 0.5) is 17.6 Å². The maximum atomic E-state index is 5.89. The lowest BCUT2D eigenvalue weighted by Crippen LogP contribution is -2.07. The van der Waals surface area contributed by atoms with E-state index in [0.717, 1.165) is 28.8 Å². The summed E-state index contributed by atoms with van der Waals surface area (Å²) in [6.07, 6.45) is 0. The van der Waals surface area contributed by atoms with Crippen molar-refractivity contribution in [3.05, 3.63) is 66.0 Å². The number of hydrogen-bond donors (Lipinski definition) is 2. The summed E-state index contributed by atoms with van der Waals surface area (Å²) in [7, 11) is 0. The highest BCUT2D eigenvalue weighted by atomic mass is 32.2. The van der Waals surface area contributed by atoms with Crippen LogP contribution in [-0.2, 0) is 12.3 Å². The minimum absolute atomic E-state index is 0.177. The van der Waals surface area contributed by atoms with Gasteiger partial charge in [0.2, 0.25) is 11.9 Å². The fourth-order valence-corrected chi connectivity index (χ4v) is 3.87. The van der Waals surface area contributed by atoms with Crippen LogP contribution in [0.15, 0.2) is 59.8 Å². The van der Waals surface area contributed by atoms with Gasteiger partial charge in [-0.15, -0.1) is 10.2 Å². The van der Waals surface area contributed by atoms with E-state index in [1.54, 1.807) is 0 Å². The fraction of sp³-hybridized carbons (Fsp3) is 0.190. The molecule has 2 heterocycles. The predicted molar refractivity (Wildman–Crippen MR) is 119 cm³/mol. The second-order valence-electron chi connectivity index (χ2n) is 6.63. The predicted octanol–water partition coefficient (Wildman–Crippen LogP) is 4.08. The van der Waals surface area contributed by atoms with E-state index >= 15 is 0 Å². The van der Waals surface area contributed by atoms with Gasteiger partial charge in [0.1, 0.15) is 5.82 Å². The molecule has 0 saturated carbocycles. The van der Waals surface area contributed by atoms with E-state index in [1.807, 2.05) is 42.5 Å². The zero-order chi connectivity index (χ0) is 20.9. The summed E-state index contributed by atoms with van der Waals surface area (Å²) in [5.41, 5.74) is 9.01. The molecule has 2 aromatic heterocycles. The molecular weight excluding hydrogens is 396 g/mol. The molecule has 0 aliphatic rings. The molecule has 0 aliphatic carbocycles. The van der Waals surface area contributed by atoms with Gasteiger partial charge in [-0.1, -0.05) is 53.7 Å². The molecule has 0 saturated heterocycles. The van der Waals surface area contributed by atoms with E-state index in [4.69, 9.17) is 5.73 Å². The number of aromatic nitrogens is 6. The van der Waals surface area contributed by atoms with E-state index in [0.29, 0.717) is 17.5 Å². The van der Waals surface area contributed by atoms with Gasteiger partial charge in [0, 0.05) is 17.8 Å². The van der Waals surface area contributed by atoms with Crippen molar-refractivity contribution < 1.29 is 0 Å². The van der Waals surface area contributed by atoms with Gasteiger partial charge in [0.05, 0.1) is 5.75 Å². The Kier molecular flexibility index (Phi) is 5.89. The number of aryl methyl sites for hydroxylation is 1. The molecule has 152 valence electrons. The molecule has 3 N–H and O–H groups in total. The third-order valence-corrected chi connectivity index (χ3v) is 5.33. The van der Waals surface area contributed by atoms with Gasteiger partial charge in [0.15, 0.2) is 11.0 Å². The second kappa shape index (κ2) is 8.91. The molecule has 0 amide bonds. The molecule has 0 bridgehead atoms. The van der Waals surface area contributed by atoms with Crippen LogP contribution in [0.3, 0.4) is 0 Å². The smallest absolute Gasteiger partial charge is 0.232 e. The molecule has 0 aliphatic heterocycles.